The number of nitrogens with one attached hydrogen (secondary N) is 3. The van der Waals surface area contributed by atoms with Crippen LogP contribution in [0.2, 0.25) is 0 Å². The van der Waals surface area contributed by atoms with Crippen LogP contribution in [0.3, 0.4) is 0 Å². The Labute approximate surface area is 189 Å². The molecule has 0 unspecified atom stereocenters. The third-order valence-corrected chi connectivity index (χ3v) is 5.55. The van der Waals surface area contributed by atoms with Crippen molar-refractivity contribution in [3.05, 3.63) is 52.2 Å². The molecule has 0 saturated heterocycles. The number of anilines is 1. The first kappa shape index (κ1) is 24.4. The predicted molar refractivity (Wildman–Crippen MR) is 131 cm³/mol. The first-order chi connectivity index (χ1) is 12.8. The summed E-state index contributed by atoms with van der Waals surface area (Å²) in [5.41, 5.74) is 1.98. The van der Waals surface area contributed by atoms with Gasteiger partial charge in [-0.1, -0.05) is 45.9 Å². The Morgan fingerprint density at radius 1 is 1.14 bits per heavy atom. The van der Waals surface area contributed by atoms with Crippen LogP contribution in [0.25, 0.3) is 0 Å². The standard InChI is InChI=1S/C21H30N4OS.HI/c1-15(2)19(26)25-17-10-8-16(9-11-17)13-23-20(22-5)24-14-21(3,4)18-7-6-12-27-18;/h6-12,15H,13-14H2,1-5H3,(H,25,26)(H2,22,23,24);1H. The maximum absolute atomic E-state index is 11.7. The van der Waals surface area contributed by atoms with Gasteiger partial charge < -0.3 is 16.0 Å². The highest BCUT2D eigenvalue weighted by Gasteiger charge is 2.21. The molecule has 0 saturated carbocycles. The maximum atomic E-state index is 11.7. The van der Waals surface area contributed by atoms with Gasteiger partial charge in [0.15, 0.2) is 5.96 Å². The fraction of sp³-hybridized carbons (Fsp3) is 0.429. The molecule has 5 nitrogen and oxygen atoms in total. The third kappa shape index (κ3) is 7.43. The Hall–Kier alpha value is -1.61. The number of rotatable bonds is 7. The molecular formula is C21H31IN4OS. The molecule has 1 aromatic carbocycles. The highest BCUT2D eigenvalue weighted by Crippen LogP contribution is 2.26. The number of benzene rings is 1. The molecule has 28 heavy (non-hydrogen) atoms. The largest absolute Gasteiger partial charge is 0.356 e. The van der Waals surface area contributed by atoms with E-state index in [0.717, 1.165) is 23.8 Å². The summed E-state index contributed by atoms with van der Waals surface area (Å²) in [4.78, 5) is 17.4. The molecule has 0 aliphatic carbocycles. The summed E-state index contributed by atoms with van der Waals surface area (Å²) in [6.45, 7) is 9.68. The molecule has 0 aliphatic heterocycles. The molecule has 0 bridgehead atoms. The van der Waals surface area contributed by atoms with Crippen molar-refractivity contribution < 1.29 is 4.79 Å². The summed E-state index contributed by atoms with van der Waals surface area (Å²) < 4.78 is 0. The van der Waals surface area contributed by atoms with Crippen LogP contribution in [-0.4, -0.2) is 25.5 Å². The molecule has 3 N–H and O–H groups in total. The predicted octanol–water partition coefficient (Wildman–Crippen LogP) is 4.60. The topological polar surface area (TPSA) is 65.5 Å². The molecule has 0 fully saturated rings. The van der Waals surface area contributed by atoms with E-state index in [9.17, 15) is 4.79 Å². The lowest BCUT2D eigenvalue weighted by Gasteiger charge is -2.25. The first-order valence-corrected chi connectivity index (χ1v) is 10.1. The van der Waals surface area contributed by atoms with Crippen molar-refractivity contribution in [3.63, 3.8) is 0 Å². The van der Waals surface area contributed by atoms with Crippen molar-refractivity contribution in [2.45, 2.75) is 39.7 Å². The summed E-state index contributed by atoms with van der Waals surface area (Å²) in [6, 6.07) is 12.1. The molecule has 7 heteroatoms. The van der Waals surface area contributed by atoms with Gasteiger partial charge in [0.05, 0.1) is 0 Å². The van der Waals surface area contributed by atoms with E-state index in [1.54, 1.807) is 18.4 Å². The van der Waals surface area contributed by atoms with Crippen LogP contribution in [0.1, 0.15) is 38.1 Å². The lowest BCUT2D eigenvalue weighted by Crippen LogP contribution is -2.42. The second kappa shape index (κ2) is 11.4. The van der Waals surface area contributed by atoms with E-state index in [2.05, 4.69) is 52.3 Å². The van der Waals surface area contributed by atoms with Gasteiger partial charge in [-0.2, -0.15) is 0 Å². The Kier molecular flexibility index (Phi) is 9.95. The van der Waals surface area contributed by atoms with Gasteiger partial charge >= 0.3 is 0 Å². The van der Waals surface area contributed by atoms with Crippen LogP contribution < -0.4 is 16.0 Å². The van der Waals surface area contributed by atoms with Crippen LogP contribution >= 0.6 is 35.3 Å². The second-order valence-electron chi connectivity index (χ2n) is 7.48. The van der Waals surface area contributed by atoms with Crippen LogP contribution in [0.5, 0.6) is 0 Å². The van der Waals surface area contributed by atoms with Gasteiger partial charge in [-0.05, 0) is 29.1 Å². The fourth-order valence-electron chi connectivity index (χ4n) is 2.45. The number of nitrogens with zero attached hydrogens (tertiary/aromatic N) is 1. The van der Waals surface area contributed by atoms with E-state index in [0.29, 0.717) is 6.54 Å². The van der Waals surface area contributed by atoms with Crippen molar-refractivity contribution in [3.8, 4) is 0 Å². The van der Waals surface area contributed by atoms with E-state index in [1.807, 2.05) is 38.1 Å². The summed E-state index contributed by atoms with van der Waals surface area (Å²) in [5, 5.41) is 11.8. The van der Waals surface area contributed by atoms with Gasteiger partial charge in [-0.3, -0.25) is 9.79 Å². The van der Waals surface area contributed by atoms with Crippen molar-refractivity contribution in [1.82, 2.24) is 10.6 Å². The van der Waals surface area contributed by atoms with Gasteiger partial charge in [-0.25, -0.2) is 0 Å². The molecular weight excluding hydrogens is 483 g/mol. The number of carbonyl (C=O) groups is 1. The molecule has 154 valence electrons. The van der Waals surface area contributed by atoms with Crippen molar-refractivity contribution >= 4 is 52.9 Å². The van der Waals surface area contributed by atoms with Gasteiger partial charge in [0.1, 0.15) is 0 Å². The molecule has 1 heterocycles. The molecule has 0 spiro atoms. The Morgan fingerprint density at radius 2 is 1.82 bits per heavy atom. The molecule has 2 aromatic rings. The van der Waals surface area contributed by atoms with E-state index < -0.39 is 0 Å². The molecule has 0 radical (unpaired) electrons. The van der Waals surface area contributed by atoms with E-state index in [-0.39, 0.29) is 41.2 Å². The van der Waals surface area contributed by atoms with Crippen molar-refractivity contribution in [2.75, 3.05) is 18.9 Å². The second-order valence-corrected chi connectivity index (χ2v) is 8.43. The van der Waals surface area contributed by atoms with E-state index >= 15 is 0 Å². The Balaban J connectivity index is 0.00000392. The van der Waals surface area contributed by atoms with E-state index in [1.165, 1.54) is 4.88 Å². The molecule has 0 aliphatic rings. The van der Waals surface area contributed by atoms with Gasteiger partial charge in [-0.15, -0.1) is 35.3 Å². The normalized spacial score (nSPS) is 11.7. The number of aliphatic imine (C=N–C) groups is 1. The first-order valence-electron chi connectivity index (χ1n) is 9.20. The molecule has 0 atom stereocenters. The zero-order valence-corrected chi connectivity index (χ0v) is 20.4. The highest BCUT2D eigenvalue weighted by atomic mass is 127. The maximum Gasteiger partial charge on any atom is 0.226 e. The zero-order valence-electron chi connectivity index (χ0n) is 17.2. The number of thiophene rings is 1. The van der Waals surface area contributed by atoms with Gasteiger partial charge in [0, 0.05) is 42.0 Å². The van der Waals surface area contributed by atoms with Crippen LogP contribution in [-0.2, 0) is 16.8 Å². The summed E-state index contributed by atoms with van der Waals surface area (Å²) in [7, 11) is 1.78. The SMILES string of the molecule is CN=C(NCc1ccc(NC(=O)C(C)C)cc1)NCC(C)(C)c1cccs1.I. The highest BCUT2D eigenvalue weighted by molar-refractivity contribution is 14.0. The number of hydrogen-bond acceptors (Lipinski definition) is 3. The lowest BCUT2D eigenvalue weighted by atomic mass is 9.91. The summed E-state index contributed by atoms with van der Waals surface area (Å²) in [6.07, 6.45) is 0. The number of amides is 1. The average molecular weight is 514 g/mol. The zero-order chi connectivity index (χ0) is 19.9. The minimum atomic E-state index is -0.0285. The number of hydrogen-bond donors (Lipinski definition) is 3. The van der Waals surface area contributed by atoms with Gasteiger partial charge in [0.2, 0.25) is 5.91 Å². The van der Waals surface area contributed by atoms with Gasteiger partial charge in [0.25, 0.3) is 0 Å². The minimum absolute atomic E-state index is 0. The molecule has 1 aromatic heterocycles. The number of halogens is 1. The van der Waals surface area contributed by atoms with Crippen molar-refractivity contribution in [2.24, 2.45) is 10.9 Å². The third-order valence-electron chi connectivity index (χ3n) is 4.32. The number of guanidine groups is 1. The lowest BCUT2D eigenvalue weighted by molar-refractivity contribution is -0.118. The minimum Gasteiger partial charge on any atom is -0.356 e. The Bertz CT molecular complexity index is 755. The summed E-state index contributed by atoms with van der Waals surface area (Å²) >= 11 is 1.78. The van der Waals surface area contributed by atoms with Crippen LogP contribution in [0, 0.1) is 5.92 Å². The van der Waals surface area contributed by atoms with E-state index in [4.69, 9.17) is 0 Å². The Morgan fingerprint density at radius 3 is 2.36 bits per heavy atom. The average Bonchev–Trinajstić information content (AvgIpc) is 3.18. The monoisotopic (exact) mass is 514 g/mol. The van der Waals surface area contributed by atoms with Crippen LogP contribution in [0.4, 0.5) is 5.69 Å². The quantitative estimate of drug-likeness (QED) is 0.288. The summed E-state index contributed by atoms with van der Waals surface area (Å²) in [5.74, 6) is 0.773. The molecule has 1 amide bonds. The fourth-order valence-corrected chi connectivity index (χ4v) is 3.31. The van der Waals surface area contributed by atoms with Crippen LogP contribution in [0.15, 0.2) is 46.8 Å². The smallest absolute Gasteiger partial charge is 0.226 e. The molecule has 2 rings (SSSR count). The van der Waals surface area contributed by atoms with Crippen molar-refractivity contribution in [1.29, 1.82) is 0 Å². The number of carbonyl (C=O) groups excluding carboxylic acids is 1.